The molecule has 0 bridgehead atoms. The molecule has 0 fully saturated rings. The highest BCUT2D eigenvalue weighted by atomic mass is 79.9. The molecule has 1 rings (SSSR count). The molecule has 0 amide bonds. The van der Waals surface area contributed by atoms with Crippen molar-refractivity contribution in [3.8, 4) is 0 Å². The van der Waals surface area contributed by atoms with Crippen LogP contribution in [0.1, 0.15) is 31.9 Å². The molecule has 88 valence electrons. The molecular formula is C14H20BrN. The van der Waals surface area contributed by atoms with Gasteiger partial charge in [0.1, 0.15) is 0 Å². The van der Waals surface area contributed by atoms with E-state index in [1.807, 2.05) is 0 Å². The van der Waals surface area contributed by atoms with E-state index in [9.17, 15) is 0 Å². The summed E-state index contributed by atoms with van der Waals surface area (Å²) < 4.78 is 1.16. The Morgan fingerprint density at radius 2 is 2.00 bits per heavy atom. The van der Waals surface area contributed by atoms with Gasteiger partial charge in [0.25, 0.3) is 0 Å². The van der Waals surface area contributed by atoms with E-state index < -0.39 is 0 Å². The Hall–Kier alpha value is -0.600. The van der Waals surface area contributed by atoms with Crippen LogP contribution in [0.4, 0.5) is 0 Å². The van der Waals surface area contributed by atoms with Crippen LogP contribution >= 0.6 is 15.9 Å². The number of halogens is 1. The maximum atomic E-state index is 3.50. The van der Waals surface area contributed by atoms with Crippen LogP contribution in [0, 0.1) is 6.92 Å². The van der Waals surface area contributed by atoms with E-state index in [1.54, 1.807) is 0 Å². The topological polar surface area (TPSA) is 12.0 Å². The maximum Gasteiger partial charge on any atom is 0.0204 e. The number of benzene rings is 1. The minimum absolute atomic E-state index is 0.181. The molecule has 1 aromatic carbocycles. The van der Waals surface area contributed by atoms with E-state index in [1.165, 1.54) is 11.1 Å². The van der Waals surface area contributed by atoms with E-state index in [4.69, 9.17) is 0 Å². The Morgan fingerprint density at radius 1 is 1.31 bits per heavy atom. The fraction of sp³-hybridized carbons (Fsp3) is 0.429. The zero-order valence-corrected chi connectivity index (χ0v) is 12.1. The summed E-state index contributed by atoms with van der Waals surface area (Å²) in [7, 11) is 0. The number of nitrogens with one attached hydrogen (secondary N) is 1. The van der Waals surface area contributed by atoms with Gasteiger partial charge < -0.3 is 5.32 Å². The molecule has 0 unspecified atom stereocenters. The molecule has 1 N–H and O–H groups in total. The number of hydrogen-bond acceptors (Lipinski definition) is 1. The average Bonchev–Trinajstić information content (AvgIpc) is 2.17. The van der Waals surface area contributed by atoms with E-state index in [2.05, 4.69) is 79.3 Å². The summed E-state index contributed by atoms with van der Waals surface area (Å²) in [6.45, 7) is 9.52. The van der Waals surface area contributed by atoms with Crippen molar-refractivity contribution in [2.45, 2.75) is 33.2 Å². The van der Waals surface area contributed by atoms with Gasteiger partial charge in [0.15, 0.2) is 0 Å². The van der Waals surface area contributed by atoms with Crippen molar-refractivity contribution < 1.29 is 0 Å². The van der Waals surface area contributed by atoms with Crippen molar-refractivity contribution in [1.29, 1.82) is 0 Å². The van der Waals surface area contributed by atoms with Gasteiger partial charge in [0.2, 0.25) is 0 Å². The van der Waals surface area contributed by atoms with Gasteiger partial charge in [0, 0.05) is 16.6 Å². The zero-order chi connectivity index (χ0) is 12.2. The molecule has 0 atom stereocenters. The number of rotatable bonds is 3. The lowest BCUT2D eigenvalue weighted by Gasteiger charge is -2.18. The second-order valence-corrected chi connectivity index (χ2v) is 5.90. The summed E-state index contributed by atoms with van der Waals surface area (Å²) >= 11 is 3.50. The van der Waals surface area contributed by atoms with Crippen molar-refractivity contribution in [2.75, 3.05) is 6.54 Å². The van der Waals surface area contributed by atoms with Crippen molar-refractivity contribution in [3.05, 3.63) is 39.9 Å². The van der Waals surface area contributed by atoms with E-state index in [-0.39, 0.29) is 5.54 Å². The van der Waals surface area contributed by atoms with Gasteiger partial charge in [-0.1, -0.05) is 40.2 Å². The highest BCUT2D eigenvalue weighted by Gasteiger charge is 2.05. The van der Waals surface area contributed by atoms with Crippen molar-refractivity contribution in [3.63, 3.8) is 0 Å². The van der Waals surface area contributed by atoms with Gasteiger partial charge in [-0.15, -0.1) is 0 Å². The first-order valence-corrected chi connectivity index (χ1v) is 6.35. The van der Waals surface area contributed by atoms with Crippen LogP contribution in [-0.4, -0.2) is 12.1 Å². The highest BCUT2D eigenvalue weighted by molar-refractivity contribution is 9.10. The fourth-order valence-electron chi connectivity index (χ4n) is 1.33. The van der Waals surface area contributed by atoms with Crippen LogP contribution in [0.25, 0.3) is 6.08 Å². The normalized spacial score (nSPS) is 12.3. The Bertz CT molecular complexity index is 375. The summed E-state index contributed by atoms with van der Waals surface area (Å²) in [5.41, 5.74) is 2.70. The summed E-state index contributed by atoms with van der Waals surface area (Å²) in [5, 5.41) is 3.42. The van der Waals surface area contributed by atoms with Gasteiger partial charge in [-0.2, -0.15) is 0 Å². The largest absolute Gasteiger partial charge is 0.309 e. The zero-order valence-electron chi connectivity index (χ0n) is 10.5. The molecule has 0 saturated heterocycles. The van der Waals surface area contributed by atoms with Crippen molar-refractivity contribution >= 4 is 22.0 Å². The maximum absolute atomic E-state index is 3.50. The highest BCUT2D eigenvalue weighted by Crippen LogP contribution is 2.17. The number of hydrogen-bond donors (Lipinski definition) is 1. The average molecular weight is 282 g/mol. The molecule has 0 aliphatic heterocycles. The molecule has 1 aromatic rings. The van der Waals surface area contributed by atoms with Crippen LogP contribution in [-0.2, 0) is 0 Å². The first-order valence-electron chi connectivity index (χ1n) is 5.56. The third-order valence-electron chi connectivity index (χ3n) is 2.24. The van der Waals surface area contributed by atoms with Gasteiger partial charge in [0.05, 0.1) is 0 Å². The van der Waals surface area contributed by atoms with Gasteiger partial charge in [-0.05, 0) is 44.9 Å². The standard InChI is InChI=1S/C14H20BrN/c1-11-10-12(7-8-13(11)15)6-5-9-16-14(2,3)4/h5-8,10,16H,9H2,1-4H3. The summed E-state index contributed by atoms with van der Waals surface area (Å²) in [6, 6.07) is 6.38. The smallest absolute Gasteiger partial charge is 0.0204 e. The molecule has 0 saturated carbocycles. The first kappa shape index (κ1) is 13.5. The summed E-state index contributed by atoms with van der Waals surface area (Å²) in [4.78, 5) is 0. The molecular weight excluding hydrogens is 262 g/mol. The lowest BCUT2D eigenvalue weighted by Crippen LogP contribution is -2.35. The predicted octanol–water partition coefficient (Wildman–Crippen LogP) is 4.16. The molecule has 0 radical (unpaired) electrons. The third kappa shape index (κ3) is 4.95. The molecule has 16 heavy (non-hydrogen) atoms. The SMILES string of the molecule is Cc1cc(C=CCNC(C)(C)C)ccc1Br. The quantitative estimate of drug-likeness (QED) is 0.877. The second-order valence-electron chi connectivity index (χ2n) is 5.04. The number of aryl methyl sites for hydroxylation is 1. The van der Waals surface area contributed by atoms with Crippen LogP contribution in [0.2, 0.25) is 0 Å². The lowest BCUT2D eigenvalue weighted by molar-refractivity contribution is 0.450. The van der Waals surface area contributed by atoms with Gasteiger partial charge in [-0.25, -0.2) is 0 Å². The Labute approximate surface area is 107 Å². The molecule has 0 aliphatic rings. The lowest BCUT2D eigenvalue weighted by atomic mass is 10.1. The van der Waals surface area contributed by atoms with E-state index >= 15 is 0 Å². The summed E-state index contributed by atoms with van der Waals surface area (Å²) in [6.07, 6.45) is 4.31. The molecule has 0 spiro atoms. The molecule has 0 aliphatic carbocycles. The molecule has 0 aromatic heterocycles. The second kappa shape index (κ2) is 5.65. The van der Waals surface area contributed by atoms with Crippen LogP contribution in [0.3, 0.4) is 0 Å². The van der Waals surface area contributed by atoms with Crippen molar-refractivity contribution in [1.82, 2.24) is 5.32 Å². The monoisotopic (exact) mass is 281 g/mol. The molecule has 2 heteroatoms. The third-order valence-corrected chi connectivity index (χ3v) is 3.13. The minimum Gasteiger partial charge on any atom is -0.309 e. The molecule has 0 heterocycles. The minimum atomic E-state index is 0.181. The Morgan fingerprint density at radius 3 is 2.56 bits per heavy atom. The van der Waals surface area contributed by atoms with E-state index in [0.717, 1.165) is 11.0 Å². The van der Waals surface area contributed by atoms with Crippen LogP contribution < -0.4 is 5.32 Å². The Balaban J connectivity index is 2.53. The van der Waals surface area contributed by atoms with E-state index in [0.29, 0.717) is 0 Å². The Kier molecular flexibility index (Phi) is 4.75. The van der Waals surface area contributed by atoms with Crippen LogP contribution in [0.5, 0.6) is 0 Å². The van der Waals surface area contributed by atoms with Gasteiger partial charge in [-0.3, -0.25) is 0 Å². The van der Waals surface area contributed by atoms with Gasteiger partial charge >= 0.3 is 0 Å². The predicted molar refractivity (Wildman–Crippen MR) is 75.7 cm³/mol. The molecule has 1 nitrogen and oxygen atoms in total. The summed E-state index contributed by atoms with van der Waals surface area (Å²) in [5.74, 6) is 0. The first-order chi connectivity index (χ1) is 7.38. The van der Waals surface area contributed by atoms with Crippen LogP contribution in [0.15, 0.2) is 28.7 Å². The fourth-order valence-corrected chi connectivity index (χ4v) is 1.58. The van der Waals surface area contributed by atoms with Crippen molar-refractivity contribution in [2.24, 2.45) is 0 Å².